The lowest BCUT2D eigenvalue weighted by Crippen LogP contribution is -2.38. The number of piperidine rings is 1. The molecule has 3 rings (SSSR count). The Labute approximate surface area is 163 Å². The number of sulfonamides is 1. The van der Waals surface area contributed by atoms with E-state index in [1.165, 1.54) is 5.56 Å². The van der Waals surface area contributed by atoms with Crippen LogP contribution in [-0.4, -0.2) is 43.7 Å². The van der Waals surface area contributed by atoms with Gasteiger partial charge in [0.25, 0.3) is 0 Å². The third-order valence-corrected chi connectivity index (χ3v) is 6.68. The second kappa shape index (κ2) is 7.84. The maximum absolute atomic E-state index is 12.1. The standard InChI is InChI=1S/C21H33N3O2S/c1-5-12-27(25,26)23-17-6-7-20-18(13-17)19(14-22-20)16-8-10-24(11-9-16)15-21(2,3)4/h6-7,13-14,16,22-23H,5,8-12,15H2,1-4H3. The van der Waals surface area contributed by atoms with Gasteiger partial charge in [-0.2, -0.15) is 0 Å². The average molecular weight is 392 g/mol. The van der Waals surface area contributed by atoms with E-state index in [0.29, 0.717) is 23.4 Å². The molecule has 0 bridgehead atoms. The second-order valence-corrected chi connectivity index (χ2v) is 10.9. The molecule has 5 nitrogen and oxygen atoms in total. The molecule has 0 spiro atoms. The van der Waals surface area contributed by atoms with Gasteiger partial charge in [-0.25, -0.2) is 8.42 Å². The first-order valence-corrected chi connectivity index (χ1v) is 11.7. The van der Waals surface area contributed by atoms with E-state index in [2.05, 4.69) is 41.6 Å². The SMILES string of the molecule is CCCS(=O)(=O)Nc1ccc2[nH]cc(C3CCN(CC(C)(C)C)CC3)c2c1. The number of hydrogen-bond acceptors (Lipinski definition) is 3. The number of hydrogen-bond donors (Lipinski definition) is 2. The van der Waals surface area contributed by atoms with E-state index >= 15 is 0 Å². The third-order valence-electron chi connectivity index (χ3n) is 5.19. The Kier molecular flexibility index (Phi) is 5.87. The first kappa shape index (κ1) is 20.2. The smallest absolute Gasteiger partial charge is 0.232 e. The first-order valence-electron chi connectivity index (χ1n) is 10.0. The fourth-order valence-electron chi connectivity index (χ4n) is 4.12. The summed E-state index contributed by atoms with van der Waals surface area (Å²) in [7, 11) is -3.27. The predicted octanol–water partition coefficient (Wildman–Crippen LogP) is 4.55. The molecule has 0 saturated carbocycles. The minimum Gasteiger partial charge on any atom is -0.361 e. The molecule has 2 N–H and O–H groups in total. The van der Waals surface area contributed by atoms with Crippen LogP contribution >= 0.6 is 0 Å². The molecule has 1 aliphatic rings. The van der Waals surface area contributed by atoms with E-state index in [9.17, 15) is 8.42 Å². The van der Waals surface area contributed by atoms with Crippen LogP contribution in [0, 0.1) is 5.41 Å². The molecule has 0 aliphatic carbocycles. The van der Waals surface area contributed by atoms with Crippen LogP contribution < -0.4 is 4.72 Å². The molecule has 0 radical (unpaired) electrons. The summed E-state index contributed by atoms with van der Waals surface area (Å²) < 4.78 is 26.9. The molecule has 1 aliphatic heterocycles. The van der Waals surface area contributed by atoms with Crippen LogP contribution in [0.1, 0.15) is 58.4 Å². The van der Waals surface area contributed by atoms with Gasteiger partial charge in [0, 0.05) is 29.3 Å². The van der Waals surface area contributed by atoms with Crippen molar-refractivity contribution < 1.29 is 8.42 Å². The highest BCUT2D eigenvalue weighted by atomic mass is 32.2. The largest absolute Gasteiger partial charge is 0.361 e. The predicted molar refractivity (Wildman–Crippen MR) is 114 cm³/mol. The summed E-state index contributed by atoms with van der Waals surface area (Å²) in [4.78, 5) is 5.92. The average Bonchev–Trinajstić information content (AvgIpc) is 2.97. The topological polar surface area (TPSA) is 65.2 Å². The second-order valence-electron chi connectivity index (χ2n) is 9.04. The normalized spacial score (nSPS) is 17.5. The summed E-state index contributed by atoms with van der Waals surface area (Å²) in [5.41, 5.74) is 3.37. The number of benzene rings is 1. The van der Waals surface area contributed by atoms with Gasteiger partial charge in [0.2, 0.25) is 10.0 Å². The van der Waals surface area contributed by atoms with Crippen molar-refractivity contribution in [1.82, 2.24) is 9.88 Å². The lowest BCUT2D eigenvalue weighted by molar-refractivity contribution is 0.154. The highest BCUT2D eigenvalue weighted by Crippen LogP contribution is 2.35. The number of anilines is 1. The van der Waals surface area contributed by atoms with E-state index in [0.717, 1.165) is 43.4 Å². The maximum atomic E-state index is 12.1. The van der Waals surface area contributed by atoms with Gasteiger partial charge in [-0.1, -0.05) is 27.7 Å². The lowest BCUT2D eigenvalue weighted by Gasteiger charge is -2.36. The first-order chi connectivity index (χ1) is 12.7. The van der Waals surface area contributed by atoms with Crippen molar-refractivity contribution >= 4 is 26.6 Å². The quantitative estimate of drug-likeness (QED) is 0.759. The molecule has 1 aromatic heterocycles. The van der Waals surface area contributed by atoms with Crippen LogP contribution in [0.5, 0.6) is 0 Å². The molecule has 1 fully saturated rings. The molecule has 27 heavy (non-hydrogen) atoms. The van der Waals surface area contributed by atoms with Crippen molar-refractivity contribution in [3.05, 3.63) is 30.0 Å². The molecular formula is C21H33N3O2S. The van der Waals surface area contributed by atoms with Crippen LogP contribution in [-0.2, 0) is 10.0 Å². The van der Waals surface area contributed by atoms with Crippen LogP contribution in [0.2, 0.25) is 0 Å². The molecule has 0 unspecified atom stereocenters. The highest BCUT2D eigenvalue weighted by Gasteiger charge is 2.25. The Hall–Kier alpha value is -1.53. The van der Waals surface area contributed by atoms with Gasteiger partial charge in [0.05, 0.1) is 5.75 Å². The Morgan fingerprint density at radius 3 is 2.56 bits per heavy atom. The van der Waals surface area contributed by atoms with Crippen molar-refractivity contribution in [2.45, 2.75) is 52.9 Å². The van der Waals surface area contributed by atoms with Crippen molar-refractivity contribution in [1.29, 1.82) is 0 Å². The van der Waals surface area contributed by atoms with Crippen LogP contribution in [0.15, 0.2) is 24.4 Å². The van der Waals surface area contributed by atoms with Crippen LogP contribution in [0.4, 0.5) is 5.69 Å². The fourth-order valence-corrected chi connectivity index (χ4v) is 5.24. The van der Waals surface area contributed by atoms with Gasteiger partial charge >= 0.3 is 0 Å². The summed E-state index contributed by atoms with van der Waals surface area (Å²) >= 11 is 0. The Bertz CT molecular complexity index is 872. The van der Waals surface area contributed by atoms with Crippen molar-refractivity contribution in [2.75, 3.05) is 30.1 Å². The number of aromatic amines is 1. The van der Waals surface area contributed by atoms with Gasteiger partial charge in [0.1, 0.15) is 0 Å². The summed E-state index contributed by atoms with van der Waals surface area (Å²) in [5.74, 6) is 0.675. The zero-order valence-corrected chi connectivity index (χ0v) is 17.8. The number of fused-ring (bicyclic) bond motifs is 1. The van der Waals surface area contributed by atoms with Crippen molar-refractivity contribution in [2.24, 2.45) is 5.41 Å². The summed E-state index contributed by atoms with van der Waals surface area (Å²) in [6.45, 7) is 12.1. The molecule has 0 atom stereocenters. The number of H-pyrrole nitrogens is 1. The number of nitrogens with zero attached hydrogens (tertiary/aromatic N) is 1. The molecule has 1 aromatic carbocycles. The van der Waals surface area contributed by atoms with E-state index in [-0.39, 0.29) is 5.75 Å². The summed E-state index contributed by atoms with van der Waals surface area (Å²) in [6.07, 6.45) is 5.02. The van der Waals surface area contributed by atoms with Gasteiger partial charge in [-0.3, -0.25) is 4.72 Å². The third kappa shape index (κ3) is 5.26. The molecular weight excluding hydrogens is 358 g/mol. The molecule has 6 heteroatoms. The lowest BCUT2D eigenvalue weighted by atomic mass is 9.87. The number of nitrogens with one attached hydrogen (secondary N) is 2. The number of aromatic nitrogens is 1. The highest BCUT2D eigenvalue weighted by molar-refractivity contribution is 7.92. The summed E-state index contributed by atoms with van der Waals surface area (Å²) in [6, 6.07) is 5.79. The molecule has 2 heterocycles. The molecule has 2 aromatic rings. The Morgan fingerprint density at radius 2 is 1.93 bits per heavy atom. The number of likely N-dealkylation sites (tertiary alicyclic amines) is 1. The fraction of sp³-hybridized carbons (Fsp3) is 0.619. The van der Waals surface area contributed by atoms with Crippen LogP contribution in [0.25, 0.3) is 10.9 Å². The van der Waals surface area contributed by atoms with Crippen LogP contribution in [0.3, 0.4) is 0 Å². The maximum Gasteiger partial charge on any atom is 0.232 e. The van der Waals surface area contributed by atoms with Crippen molar-refractivity contribution in [3.63, 3.8) is 0 Å². The molecule has 1 saturated heterocycles. The van der Waals surface area contributed by atoms with Crippen molar-refractivity contribution in [3.8, 4) is 0 Å². The van der Waals surface area contributed by atoms with E-state index < -0.39 is 10.0 Å². The van der Waals surface area contributed by atoms with E-state index in [4.69, 9.17) is 0 Å². The molecule has 0 amide bonds. The van der Waals surface area contributed by atoms with E-state index in [1.807, 2.05) is 25.1 Å². The zero-order chi connectivity index (χ0) is 19.7. The van der Waals surface area contributed by atoms with Gasteiger partial charge in [-0.15, -0.1) is 0 Å². The van der Waals surface area contributed by atoms with Gasteiger partial charge in [0.15, 0.2) is 0 Å². The zero-order valence-electron chi connectivity index (χ0n) is 17.0. The Balaban J connectivity index is 1.75. The molecule has 150 valence electrons. The number of rotatable bonds is 6. The summed E-state index contributed by atoms with van der Waals surface area (Å²) in [5, 5.41) is 1.14. The minimum absolute atomic E-state index is 0.150. The van der Waals surface area contributed by atoms with Gasteiger partial charge < -0.3 is 9.88 Å². The van der Waals surface area contributed by atoms with Gasteiger partial charge in [-0.05, 0) is 67.4 Å². The Morgan fingerprint density at radius 1 is 1.22 bits per heavy atom. The van der Waals surface area contributed by atoms with E-state index in [1.54, 1.807) is 0 Å². The minimum atomic E-state index is -3.27. The monoisotopic (exact) mass is 391 g/mol.